The van der Waals surface area contributed by atoms with Gasteiger partial charge in [-0.05, 0) is 12.1 Å². The van der Waals surface area contributed by atoms with E-state index >= 15 is 0 Å². The molecule has 0 amide bonds. The summed E-state index contributed by atoms with van der Waals surface area (Å²) in [7, 11) is 0. The zero-order chi connectivity index (χ0) is 22.8. The molecule has 0 aromatic heterocycles. The molecule has 30 heavy (non-hydrogen) atoms. The summed E-state index contributed by atoms with van der Waals surface area (Å²) < 4.78 is 26.2. The molecule has 0 bridgehead atoms. The Labute approximate surface area is 183 Å². The van der Waals surface area contributed by atoms with E-state index in [1.807, 2.05) is 0 Å². The minimum atomic E-state index is -2.76. The maximum atomic E-state index is 13.1. The summed E-state index contributed by atoms with van der Waals surface area (Å²) in [5, 5.41) is 21.3. The molecule has 0 spiro atoms. The number of rotatable bonds is 3. The lowest BCUT2D eigenvalue weighted by Crippen LogP contribution is -2.25. The van der Waals surface area contributed by atoms with E-state index in [4.69, 9.17) is 46.3 Å². The van der Waals surface area contributed by atoms with Gasteiger partial charge in [-0.3, -0.25) is 20.2 Å². The highest BCUT2D eigenvalue weighted by atomic mass is 35.5. The summed E-state index contributed by atoms with van der Waals surface area (Å²) in [6.45, 7) is -0.312. The van der Waals surface area contributed by atoms with E-state index in [1.54, 1.807) is 0 Å². The monoisotopic (exact) mass is 483 g/mol. The first-order valence-electron chi connectivity index (χ1n) is 8.07. The average Bonchev–Trinajstić information content (AvgIpc) is 2.99. The van der Waals surface area contributed by atoms with E-state index in [1.165, 1.54) is 17.0 Å². The van der Waals surface area contributed by atoms with Crippen LogP contribution >= 0.6 is 34.8 Å². The summed E-state index contributed by atoms with van der Waals surface area (Å²) in [6.07, 6.45) is -0.264. The third-order valence-corrected chi connectivity index (χ3v) is 5.09. The third-order valence-electron chi connectivity index (χ3n) is 4.07. The number of nitrogens with two attached hydrogens (primary N) is 2. The molecule has 0 unspecified atom stereocenters. The molecule has 0 aliphatic carbocycles. The van der Waals surface area contributed by atoms with E-state index in [2.05, 4.69) is 0 Å². The second-order valence-corrected chi connectivity index (χ2v) is 7.45. The molecular formula is C16H14Cl3F2N5O4. The fourth-order valence-corrected chi connectivity index (χ4v) is 3.23. The minimum absolute atomic E-state index is 0.00870. The number of hydrogen-bond donors (Lipinski definition) is 2. The number of nitrogens with zero attached hydrogens (tertiary/aromatic N) is 3. The maximum Gasteiger partial charge on any atom is 0.293 e. The van der Waals surface area contributed by atoms with Gasteiger partial charge >= 0.3 is 0 Å². The van der Waals surface area contributed by atoms with Crippen molar-refractivity contribution in [3.8, 4) is 0 Å². The standard InChI is InChI=1S/C10H10ClF2N3O2.C6H4Cl2N2O2/c11-6-3-9(16(17)18)7(14)4-8(6)15-2-1-10(12,13)5-15;7-3-1-5(9)6(10(11)12)2-4(3)8/h3-4H,1-2,5,14H2;1-2H,9H2. The number of nitrogen functional groups attached to an aromatic ring is 2. The molecule has 0 atom stereocenters. The number of hydrogen-bond acceptors (Lipinski definition) is 7. The number of nitro benzene ring substituents is 2. The van der Waals surface area contributed by atoms with Gasteiger partial charge in [-0.25, -0.2) is 8.78 Å². The molecular weight excluding hydrogens is 471 g/mol. The van der Waals surface area contributed by atoms with E-state index in [-0.39, 0.29) is 50.8 Å². The number of benzene rings is 2. The quantitative estimate of drug-likeness (QED) is 0.348. The van der Waals surface area contributed by atoms with Gasteiger partial charge < -0.3 is 16.4 Å². The fourth-order valence-electron chi connectivity index (χ4n) is 2.62. The van der Waals surface area contributed by atoms with E-state index in [0.29, 0.717) is 5.69 Å². The topological polar surface area (TPSA) is 142 Å². The van der Waals surface area contributed by atoms with E-state index in [0.717, 1.165) is 12.1 Å². The van der Waals surface area contributed by atoms with Crippen LogP contribution in [0, 0.1) is 20.2 Å². The van der Waals surface area contributed by atoms with Crippen molar-refractivity contribution in [2.45, 2.75) is 12.3 Å². The van der Waals surface area contributed by atoms with Crippen molar-refractivity contribution in [3.05, 3.63) is 59.6 Å². The SMILES string of the molecule is Nc1cc(Cl)c(Cl)cc1[N+](=O)[O-].Nc1cc(N2CCC(F)(F)C2)c(Cl)cc1[N+](=O)[O-]. The van der Waals surface area contributed by atoms with Crippen molar-refractivity contribution in [1.82, 2.24) is 0 Å². The first kappa shape index (κ1) is 23.6. The van der Waals surface area contributed by atoms with Gasteiger partial charge in [0.05, 0.1) is 37.1 Å². The highest BCUT2D eigenvalue weighted by molar-refractivity contribution is 6.42. The highest BCUT2D eigenvalue weighted by Gasteiger charge is 2.39. The van der Waals surface area contributed by atoms with Crippen molar-refractivity contribution >= 4 is 63.2 Å². The molecule has 3 rings (SSSR count). The molecule has 14 heteroatoms. The van der Waals surface area contributed by atoms with Crippen LogP contribution < -0.4 is 16.4 Å². The van der Waals surface area contributed by atoms with Crippen molar-refractivity contribution in [2.75, 3.05) is 29.5 Å². The van der Waals surface area contributed by atoms with Crippen LogP contribution in [-0.2, 0) is 0 Å². The summed E-state index contributed by atoms with van der Waals surface area (Å²) in [4.78, 5) is 21.1. The number of nitro groups is 2. The molecule has 9 nitrogen and oxygen atoms in total. The molecule has 2 aromatic rings. The molecule has 1 aliphatic rings. The Morgan fingerprint density at radius 2 is 1.37 bits per heavy atom. The Morgan fingerprint density at radius 1 is 0.900 bits per heavy atom. The summed E-state index contributed by atoms with van der Waals surface area (Å²) in [6, 6.07) is 4.73. The van der Waals surface area contributed by atoms with Crippen LogP contribution in [0.2, 0.25) is 15.1 Å². The van der Waals surface area contributed by atoms with Crippen molar-refractivity contribution in [3.63, 3.8) is 0 Å². The number of anilines is 3. The summed E-state index contributed by atoms with van der Waals surface area (Å²) in [5.41, 5.74) is 10.5. The Balaban J connectivity index is 0.000000232. The largest absolute Gasteiger partial charge is 0.393 e. The molecule has 1 heterocycles. The van der Waals surface area contributed by atoms with Crippen molar-refractivity contribution in [2.24, 2.45) is 0 Å². The Hall–Kier alpha value is -2.63. The number of alkyl halides is 2. The van der Waals surface area contributed by atoms with Crippen LogP contribution in [0.3, 0.4) is 0 Å². The van der Waals surface area contributed by atoms with Gasteiger partial charge in [0.15, 0.2) is 0 Å². The van der Waals surface area contributed by atoms with Crippen molar-refractivity contribution in [1.29, 1.82) is 0 Å². The van der Waals surface area contributed by atoms with Crippen molar-refractivity contribution < 1.29 is 18.6 Å². The number of halogens is 5. The van der Waals surface area contributed by atoms with E-state index in [9.17, 15) is 29.0 Å². The molecule has 1 saturated heterocycles. The van der Waals surface area contributed by atoms with Crippen LogP contribution in [0.1, 0.15) is 6.42 Å². The normalized spacial score (nSPS) is 14.8. The lowest BCUT2D eigenvalue weighted by molar-refractivity contribution is -0.384. The molecule has 162 valence electrons. The van der Waals surface area contributed by atoms with E-state index < -0.39 is 22.3 Å². The van der Waals surface area contributed by atoms with Gasteiger partial charge in [0.25, 0.3) is 17.3 Å². The lowest BCUT2D eigenvalue weighted by atomic mass is 10.2. The first-order chi connectivity index (χ1) is 13.8. The molecule has 1 fully saturated rings. The van der Waals surface area contributed by atoms with Gasteiger partial charge in [-0.2, -0.15) is 0 Å². The van der Waals surface area contributed by atoms with Gasteiger partial charge in [-0.15, -0.1) is 0 Å². The van der Waals surface area contributed by atoms with Crippen LogP contribution in [0.15, 0.2) is 24.3 Å². The summed E-state index contributed by atoms with van der Waals surface area (Å²) in [5.74, 6) is -2.76. The maximum absolute atomic E-state index is 13.1. The Kier molecular flexibility index (Phi) is 7.11. The smallest absolute Gasteiger partial charge is 0.293 e. The third kappa shape index (κ3) is 5.49. The minimum Gasteiger partial charge on any atom is -0.393 e. The van der Waals surface area contributed by atoms with Gasteiger partial charge in [0.1, 0.15) is 11.4 Å². The Bertz CT molecular complexity index is 1010. The lowest BCUT2D eigenvalue weighted by Gasteiger charge is -2.19. The van der Waals surface area contributed by atoms with Gasteiger partial charge in [0, 0.05) is 25.1 Å². The second-order valence-electron chi connectivity index (χ2n) is 6.23. The molecule has 0 radical (unpaired) electrons. The van der Waals surface area contributed by atoms with Crippen LogP contribution in [0.5, 0.6) is 0 Å². The average molecular weight is 485 g/mol. The molecule has 2 aromatic carbocycles. The Morgan fingerprint density at radius 3 is 1.83 bits per heavy atom. The van der Waals surface area contributed by atoms with Crippen LogP contribution in [0.25, 0.3) is 0 Å². The van der Waals surface area contributed by atoms with Crippen LogP contribution in [-0.4, -0.2) is 28.9 Å². The highest BCUT2D eigenvalue weighted by Crippen LogP contribution is 2.39. The zero-order valence-electron chi connectivity index (χ0n) is 14.9. The second kappa shape index (κ2) is 9.02. The predicted molar refractivity (Wildman–Crippen MR) is 112 cm³/mol. The molecule has 4 N–H and O–H groups in total. The zero-order valence-corrected chi connectivity index (χ0v) is 17.2. The molecule has 0 saturated carbocycles. The fraction of sp³-hybridized carbons (Fsp3) is 0.250. The predicted octanol–water partition coefficient (Wildman–Crippen LogP) is 5.16. The molecule has 1 aliphatic heterocycles. The first-order valence-corrected chi connectivity index (χ1v) is 9.21. The van der Waals surface area contributed by atoms with Gasteiger partial charge in [0.2, 0.25) is 0 Å². The van der Waals surface area contributed by atoms with Crippen LogP contribution in [0.4, 0.5) is 37.2 Å². The van der Waals surface area contributed by atoms with Gasteiger partial charge in [-0.1, -0.05) is 34.8 Å². The summed E-state index contributed by atoms with van der Waals surface area (Å²) >= 11 is 17.0.